The number of benzene rings is 2. The van der Waals surface area contributed by atoms with Gasteiger partial charge >= 0.3 is 5.97 Å². The number of methoxy groups -OCH3 is 2. The summed E-state index contributed by atoms with van der Waals surface area (Å²) >= 11 is 1.26. The number of carbonyl (C=O) groups excluding carboxylic acids is 2. The Labute approximate surface area is 200 Å². The van der Waals surface area contributed by atoms with Crippen LogP contribution in [0.5, 0.6) is 11.5 Å². The van der Waals surface area contributed by atoms with Crippen LogP contribution in [-0.4, -0.2) is 53.1 Å². The zero-order valence-electron chi connectivity index (χ0n) is 19.2. The number of ether oxygens (including phenoxy) is 3. The minimum atomic E-state index is -0.433. The van der Waals surface area contributed by atoms with Crippen molar-refractivity contribution in [3.63, 3.8) is 0 Å². The van der Waals surface area contributed by atoms with Gasteiger partial charge in [0.1, 0.15) is 0 Å². The minimum Gasteiger partial charge on any atom is -0.493 e. The highest BCUT2D eigenvalue weighted by Gasteiger charge is 2.17. The number of amides is 1. The van der Waals surface area contributed by atoms with E-state index in [2.05, 4.69) is 15.5 Å². The van der Waals surface area contributed by atoms with E-state index in [1.54, 1.807) is 45.4 Å². The summed E-state index contributed by atoms with van der Waals surface area (Å²) in [7, 11) is 3.17. The van der Waals surface area contributed by atoms with Crippen LogP contribution in [0.1, 0.15) is 22.8 Å². The van der Waals surface area contributed by atoms with Gasteiger partial charge in [-0.15, -0.1) is 10.2 Å². The fraction of sp³-hybridized carbons (Fsp3) is 0.250. The molecule has 4 rings (SSSR count). The molecule has 176 valence electrons. The number of hydrogen-bond donors (Lipinski definition) is 1. The molecule has 0 bridgehead atoms. The summed E-state index contributed by atoms with van der Waals surface area (Å²) < 4.78 is 17.8. The predicted molar refractivity (Wildman–Crippen MR) is 130 cm³/mol. The highest BCUT2D eigenvalue weighted by molar-refractivity contribution is 7.99. The number of nitrogens with one attached hydrogen (secondary N) is 1. The molecule has 34 heavy (non-hydrogen) atoms. The molecule has 0 saturated carbocycles. The predicted octanol–water partition coefficient (Wildman–Crippen LogP) is 4.12. The molecule has 2 aromatic carbocycles. The van der Waals surface area contributed by atoms with Crippen molar-refractivity contribution in [1.29, 1.82) is 0 Å². The lowest BCUT2D eigenvalue weighted by Gasteiger charge is -2.12. The molecule has 1 N–H and O–H groups in total. The van der Waals surface area contributed by atoms with Crippen LogP contribution in [0.4, 0.5) is 5.69 Å². The number of carbonyl (C=O) groups is 2. The lowest BCUT2D eigenvalue weighted by Crippen LogP contribution is -2.15. The number of hydrogen-bond acceptors (Lipinski definition) is 8. The monoisotopic (exact) mass is 480 g/mol. The van der Waals surface area contributed by atoms with Gasteiger partial charge in [0.25, 0.3) is 0 Å². The Kier molecular flexibility index (Phi) is 6.87. The van der Waals surface area contributed by atoms with E-state index < -0.39 is 5.97 Å². The minimum absolute atomic E-state index is 0.104. The van der Waals surface area contributed by atoms with Gasteiger partial charge in [0.05, 0.1) is 37.7 Å². The van der Waals surface area contributed by atoms with Gasteiger partial charge < -0.3 is 19.5 Å². The number of fused-ring (bicyclic) bond motifs is 3. The number of aromatic nitrogens is 3. The Balaban J connectivity index is 1.57. The Bertz CT molecular complexity index is 1390. The first kappa shape index (κ1) is 23.4. The fourth-order valence-corrected chi connectivity index (χ4v) is 4.34. The van der Waals surface area contributed by atoms with E-state index in [9.17, 15) is 9.59 Å². The van der Waals surface area contributed by atoms with Crippen molar-refractivity contribution in [3.8, 4) is 11.5 Å². The maximum Gasteiger partial charge on any atom is 0.338 e. The third kappa shape index (κ3) is 4.62. The first-order valence-electron chi connectivity index (χ1n) is 10.6. The number of rotatable bonds is 8. The summed E-state index contributed by atoms with van der Waals surface area (Å²) in [4.78, 5) is 24.6. The van der Waals surface area contributed by atoms with Gasteiger partial charge in [-0.3, -0.25) is 9.20 Å². The zero-order valence-corrected chi connectivity index (χ0v) is 20.1. The maximum atomic E-state index is 12.6. The van der Waals surface area contributed by atoms with E-state index in [1.165, 1.54) is 11.8 Å². The van der Waals surface area contributed by atoms with Crippen molar-refractivity contribution in [1.82, 2.24) is 14.6 Å². The maximum absolute atomic E-state index is 12.6. The van der Waals surface area contributed by atoms with Gasteiger partial charge in [0.15, 0.2) is 22.3 Å². The number of anilines is 1. The zero-order chi connectivity index (χ0) is 24.2. The van der Waals surface area contributed by atoms with Crippen LogP contribution in [0.15, 0.2) is 47.6 Å². The van der Waals surface area contributed by atoms with Crippen LogP contribution < -0.4 is 14.8 Å². The van der Waals surface area contributed by atoms with Gasteiger partial charge in [0.2, 0.25) is 5.91 Å². The Morgan fingerprint density at radius 3 is 2.56 bits per heavy atom. The van der Waals surface area contributed by atoms with E-state index >= 15 is 0 Å². The van der Waals surface area contributed by atoms with E-state index in [1.807, 2.05) is 29.5 Å². The van der Waals surface area contributed by atoms with Crippen LogP contribution >= 0.6 is 11.8 Å². The Hall–Kier alpha value is -3.79. The quantitative estimate of drug-likeness (QED) is 0.297. The average molecular weight is 481 g/mol. The smallest absolute Gasteiger partial charge is 0.338 e. The Morgan fingerprint density at radius 1 is 1.06 bits per heavy atom. The van der Waals surface area contributed by atoms with Gasteiger partial charge in [-0.05, 0) is 49.7 Å². The summed E-state index contributed by atoms with van der Waals surface area (Å²) in [6.45, 7) is 3.98. The third-order valence-electron chi connectivity index (χ3n) is 5.12. The van der Waals surface area contributed by atoms with Crippen LogP contribution in [0.3, 0.4) is 0 Å². The summed E-state index contributed by atoms with van der Waals surface area (Å²) in [6, 6.07) is 12.4. The number of nitrogens with zero attached hydrogens (tertiary/aromatic N) is 3. The first-order chi connectivity index (χ1) is 16.4. The molecule has 10 heteroatoms. The SMILES string of the molecule is CCOC(=O)c1cccc(NC(=O)CSc2nnc3c(C)cc4cc(OC)c(OC)cc4n23)c1. The number of pyridine rings is 1. The summed E-state index contributed by atoms with van der Waals surface area (Å²) in [6.07, 6.45) is 0. The van der Waals surface area contributed by atoms with E-state index in [-0.39, 0.29) is 18.3 Å². The first-order valence-corrected chi connectivity index (χ1v) is 11.5. The fourth-order valence-electron chi connectivity index (χ4n) is 3.59. The van der Waals surface area contributed by atoms with E-state index in [0.717, 1.165) is 16.5 Å². The second-order valence-corrected chi connectivity index (χ2v) is 8.32. The average Bonchev–Trinajstić information content (AvgIpc) is 3.27. The normalized spacial score (nSPS) is 10.9. The molecule has 0 aliphatic carbocycles. The van der Waals surface area contributed by atoms with Crippen LogP contribution in [-0.2, 0) is 9.53 Å². The second-order valence-electron chi connectivity index (χ2n) is 7.37. The molecule has 2 heterocycles. The van der Waals surface area contributed by atoms with Crippen LogP contribution in [0.2, 0.25) is 0 Å². The van der Waals surface area contributed by atoms with Gasteiger partial charge in [-0.1, -0.05) is 17.8 Å². The van der Waals surface area contributed by atoms with Crippen molar-refractivity contribution in [2.45, 2.75) is 19.0 Å². The lowest BCUT2D eigenvalue weighted by molar-refractivity contribution is -0.113. The molecule has 0 aliphatic heterocycles. The molecule has 0 saturated heterocycles. The highest BCUT2D eigenvalue weighted by Crippen LogP contribution is 2.34. The third-order valence-corrected chi connectivity index (χ3v) is 6.05. The standard InChI is InChI=1S/C24H24N4O5S/c1-5-33-23(30)15-7-6-8-17(10-15)25-21(29)13-34-24-27-26-22-14(2)9-16-11-19(31-3)20(32-4)12-18(16)28(22)24/h6-12H,5,13H2,1-4H3,(H,25,29). The second kappa shape index (κ2) is 10.0. The van der Waals surface area contributed by atoms with Crippen molar-refractivity contribution >= 4 is 45.9 Å². The molecule has 0 spiro atoms. The Morgan fingerprint density at radius 2 is 1.82 bits per heavy atom. The molecule has 2 aromatic heterocycles. The number of esters is 1. The molecular weight excluding hydrogens is 456 g/mol. The van der Waals surface area contributed by atoms with Crippen molar-refractivity contribution in [3.05, 3.63) is 53.6 Å². The van der Waals surface area contributed by atoms with Crippen molar-refractivity contribution < 1.29 is 23.8 Å². The largest absolute Gasteiger partial charge is 0.493 e. The molecule has 0 radical (unpaired) electrons. The number of aryl methyl sites for hydroxylation is 1. The van der Waals surface area contributed by atoms with Gasteiger partial charge in [0, 0.05) is 17.1 Å². The highest BCUT2D eigenvalue weighted by atomic mass is 32.2. The van der Waals surface area contributed by atoms with Crippen molar-refractivity contribution in [2.24, 2.45) is 0 Å². The van der Waals surface area contributed by atoms with Crippen LogP contribution in [0.25, 0.3) is 16.6 Å². The van der Waals surface area contributed by atoms with Gasteiger partial charge in [-0.25, -0.2) is 4.79 Å². The van der Waals surface area contributed by atoms with E-state index in [4.69, 9.17) is 14.2 Å². The molecule has 1 amide bonds. The summed E-state index contributed by atoms with van der Waals surface area (Å²) in [5.41, 5.74) is 3.37. The van der Waals surface area contributed by atoms with Crippen LogP contribution in [0, 0.1) is 6.92 Å². The molecule has 0 aliphatic rings. The topological polar surface area (TPSA) is 104 Å². The number of thioether (sulfide) groups is 1. The molecular formula is C24H24N4O5S. The summed E-state index contributed by atoms with van der Waals surface area (Å²) in [5, 5.41) is 12.9. The van der Waals surface area contributed by atoms with E-state index in [0.29, 0.717) is 33.6 Å². The molecule has 9 nitrogen and oxygen atoms in total. The molecule has 4 aromatic rings. The van der Waals surface area contributed by atoms with Gasteiger partial charge in [-0.2, -0.15) is 0 Å². The summed E-state index contributed by atoms with van der Waals surface area (Å²) in [5.74, 6) is 0.647. The van der Waals surface area contributed by atoms with Crippen molar-refractivity contribution in [2.75, 3.05) is 31.9 Å². The molecule has 0 unspecified atom stereocenters. The lowest BCUT2D eigenvalue weighted by atomic mass is 10.1. The molecule has 0 fully saturated rings. The molecule has 0 atom stereocenters.